The SMILES string of the molecule is NCc1ccc([B]N2C(=O)C=CC2=O)cc1. The zero-order valence-electron chi connectivity index (χ0n) is 8.59. The Morgan fingerprint density at radius 3 is 2.12 bits per heavy atom. The number of nitrogens with two attached hydrogens (primary N) is 1. The van der Waals surface area contributed by atoms with E-state index in [1.54, 1.807) is 0 Å². The summed E-state index contributed by atoms with van der Waals surface area (Å²) in [5, 5.41) is 0. The monoisotopic (exact) mass is 213 g/mol. The standard InChI is InChI=1S/C11H10BN2O2/c13-7-8-1-3-9(4-2-8)12-14-10(15)5-6-11(14)16/h1-6H,7,13H2. The first-order valence-electron chi connectivity index (χ1n) is 4.90. The second kappa shape index (κ2) is 4.32. The van der Waals surface area contributed by atoms with Crippen molar-refractivity contribution in [1.82, 2.24) is 4.81 Å². The highest BCUT2D eigenvalue weighted by molar-refractivity contribution is 6.58. The Morgan fingerprint density at radius 2 is 1.62 bits per heavy atom. The quantitative estimate of drug-likeness (QED) is 0.534. The van der Waals surface area contributed by atoms with Crippen molar-refractivity contribution in [2.24, 2.45) is 5.73 Å². The predicted molar refractivity (Wildman–Crippen MR) is 60.7 cm³/mol. The number of imide groups is 1. The molecule has 1 aliphatic heterocycles. The lowest BCUT2D eigenvalue weighted by atomic mass is 9.80. The Kier molecular flexibility index (Phi) is 2.87. The van der Waals surface area contributed by atoms with Crippen molar-refractivity contribution in [2.75, 3.05) is 0 Å². The van der Waals surface area contributed by atoms with Gasteiger partial charge >= 0.3 is 0 Å². The van der Waals surface area contributed by atoms with Gasteiger partial charge in [0.2, 0.25) is 11.8 Å². The molecule has 0 atom stereocenters. The highest BCUT2D eigenvalue weighted by Gasteiger charge is 2.23. The number of amides is 2. The van der Waals surface area contributed by atoms with Gasteiger partial charge in [0.1, 0.15) is 0 Å². The summed E-state index contributed by atoms with van der Waals surface area (Å²) in [6, 6.07) is 7.37. The molecule has 79 valence electrons. The molecule has 0 fully saturated rings. The minimum atomic E-state index is -0.312. The predicted octanol–water partition coefficient (Wildman–Crippen LogP) is -0.685. The van der Waals surface area contributed by atoms with Crippen LogP contribution in [-0.2, 0) is 16.1 Å². The molecule has 0 aliphatic carbocycles. The molecule has 1 aliphatic rings. The molecule has 1 radical (unpaired) electrons. The van der Waals surface area contributed by atoms with Crippen LogP contribution in [0.2, 0.25) is 0 Å². The van der Waals surface area contributed by atoms with Crippen LogP contribution >= 0.6 is 0 Å². The van der Waals surface area contributed by atoms with Crippen molar-refractivity contribution < 1.29 is 9.59 Å². The van der Waals surface area contributed by atoms with Crippen LogP contribution in [0.5, 0.6) is 0 Å². The molecule has 1 heterocycles. The lowest BCUT2D eigenvalue weighted by molar-refractivity contribution is -0.131. The van der Waals surface area contributed by atoms with E-state index in [0.29, 0.717) is 6.54 Å². The van der Waals surface area contributed by atoms with Crippen LogP contribution in [0.3, 0.4) is 0 Å². The summed E-state index contributed by atoms with van der Waals surface area (Å²) in [6.45, 7) is 0.476. The second-order valence-electron chi connectivity index (χ2n) is 3.45. The van der Waals surface area contributed by atoms with Crippen molar-refractivity contribution in [3.05, 3.63) is 42.0 Å². The molecular formula is C11H10BN2O2. The van der Waals surface area contributed by atoms with E-state index < -0.39 is 0 Å². The van der Waals surface area contributed by atoms with Crippen LogP contribution in [0.25, 0.3) is 0 Å². The summed E-state index contributed by atoms with van der Waals surface area (Å²) >= 11 is 0. The molecule has 0 aromatic heterocycles. The Bertz CT molecular complexity index is 436. The fourth-order valence-electron chi connectivity index (χ4n) is 1.43. The van der Waals surface area contributed by atoms with Crippen LogP contribution in [0.1, 0.15) is 5.56 Å². The normalized spacial score (nSPS) is 14.7. The third-order valence-corrected chi connectivity index (χ3v) is 2.34. The van der Waals surface area contributed by atoms with Gasteiger partial charge in [-0.3, -0.25) is 9.59 Å². The molecule has 1 aromatic rings. The fraction of sp³-hybridized carbons (Fsp3) is 0.0909. The van der Waals surface area contributed by atoms with E-state index in [0.717, 1.165) is 15.8 Å². The topological polar surface area (TPSA) is 63.4 Å². The summed E-state index contributed by atoms with van der Waals surface area (Å²) < 4.78 is 0. The first kappa shape index (κ1) is 10.6. The first-order valence-corrected chi connectivity index (χ1v) is 4.90. The number of carbonyl (C=O) groups is 2. The van der Waals surface area contributed by atoms with Crippen LogP contribution < -0.4 is 11.2 Å². The molecule has 4 nitrogen and oxygen atoms in total. The van der Waals surface area contributed by atoms with Crippen LogP contribution in [0, 0.1) is 0 Å². The summed E-state index contributed by atoms with van der Waals surface area (Å²) in [4.78, 5) is 23.6. The van der Waals surface area contributed by atoms with E-state index in [2.05, 4.69) is 0 Å². The van der Waals surface area contributed by atoms with Gasteiger partial charge in [-0.1, -0.05) is 29.7 Å². The molecule has 16 heavy (non-hydrogen) atoms. The maximum atomic E-state index is 11.3. The molecule has 0 unspecified atom stereocenters. The van der Waals surface area contributed by atoms with E-state index in [1.165, 1.54) is 19.6 Å². The van der Waals surface area contributed by atoms with Crippen molar-refractivity contribution in [1.29, 1.82) is 0 Å². The van der Waals surface area contributed by atoms with Crippen LogP contribution in [-0.4, -0.2) is 24.0 Å². The average Bonchev–Trinajstić information content (AvgIpc) is 2.62. The van der Waals surface area contributed by atoms with E-state index in [1.807, 2.05) is 24.3 Å². The first-order chi connectivity index (χ1) is 7.70. The molecule has 5 heteroatoms. The van der Waals surface area contributed by atoms with Gasteiger partial charge in [-0.25, -0.2) is 0 Å². The molecule has 2 amide bonds. The number of carbonyl (C=O) groups excluding carboxylic acids is 2. The minimum Gasteiger partial charge on any atom is -0.326 e. The lowest BCUT2D eigenvalue weighted by Gasteiger charge is -2.12. The number of nitrogens with zero attached hydrogens (tertiary/aromatic N) is 1. The highest BCUT2D eigenvalue weighted by Crippen LogP contribution is 2.02. The van der Waals surface area contributed by atoms with Crippen LogP contribution in [0.4, 0.5) is 0 Å². The molecule has 0 bridgehead atoms. The second-order valence-corrected chi connectivity index (χ2v) is 3.45. The molecule has 0 saturated carbocycles. The van der Waals surface area contributed by atoms with Gasteiger partial charge in [-0.15, -0.1) is 0 Å². The zero-order chi connectivity index (χ0) is 11.5. The van der Waals surface area contributed by atoms with E-state index in [-0.39, 0.29) is 11.8 Å². The maximum absolute atomic E-state index is 11.3. The molecular weight excluding hydrogens is 203 g/mol. The molecule has 0 saturated heterocycles. The Labute approximate surface area is 94.0 Å². The molecule has 2 rings (SSSR count). The van der Waals surface area contributed by atoms with Gasteiger partial charge < -0.3 is 10.5 Å². The summed E-state index contributed by atoms with van der Waals surface area (Å²) in [5.41, 5.74) is 7.27. The van der Waals surface area contributed by atoms with E-state index in [4.69, 9.17) is 5.73 Å². The van der Waals surface area contributed by atoms with Gasteiger partial charge in [0.05, 0.1) is 0 Å². The Hall–Kier alpha value is -1.88. The van der Waals surface area contributed by atoms with Gasteiger partial charge in [-0.05, 0) is 5.56 Å². The Morgan fingerprint density at radius 1 is 1.06 bits per heavy atom. The maximum Gasteiger partial charge on any atom is 0.299 e. The smallest absolute Gasteiger partial charge is 0.299 e. The molecule has 1 aromatic carbocycles. The van der Waals surface area contributed by atoms with Gasteiger partial charge in [0.15, 0.2) is 0 Å². The number of benzene rings is 1. The fourth-order valence-corrected chi connectivity index (χ4v) is 1.43. The largest absolute Gasteiger partial charge is 0.326 e. The van der Waals surface area contributed by atoms with E-state index >= 15 is 0 Å². The summed E-state index contributed by atoms with van der Waals surface area (Å²) in [7, 11) is 1.52. The molecule has 2 N–H and O–H groups in total. The van der Waals surface area contributed by atoms with E-state index in [9.17, 15) is 9.59 Å². The zero-order valence-corrected chi connectivity index (χ0v) is 8.59. The lowest BCUT2D eigenvalue weighted by Crippen LogP contribution is -2.40. The molecule has 0 spiro atoms. The number of rotatable bonds is 3. The van der Waals surface area contributed by atoms with Gasteiger partial charge in [0.25, 0.3) is 7.41 Å². The summed E-state index contributed by atoms with van der Waals surface area (Å²) in [5.74, 6) is -0.624. The van der Waals surface area contributed by atoms with Crippen molar-refractivity contribution in [2.45, 2.75) is 6.54 Å². The van der Waals surface area contributed by atoms with Crippen molar-refractivity contribution >= 4 is 24.7 Å². The minimum absolute atomic E-state index is 0.312. The summed E-state index contributed by atoms with van der Waals surface area (Å²) in [6.07, 6.45) is 2.51. The van der Waals surface area contributed by atoms with Crippen LogP contribution in [0.15, 0.2) is 36.4 Å². The number of hydrogen-bond acceptors (Lipinski definition) is 3. The Balaban J connectivity index is 2.09. The third kappa shape index (κ3) is 2.04. The highest BCUT2D eigenvalue weighted by atomic mass is 16.2. The van der Waals surface area contributed by atoms with Gasteiger partial charge in [-0.2, -0.15) is 0 Å². The van der Waals surface area contributed by atoms with Crippen molar-refractivity contribution in [3.63, 3.8) is 0 Å². The average molecular weight is 213 g/mol. The third-order valence-electron chi connectivity index (χ3n) is 2.34. The van der Waals surface area contributed by atoms with Crippen molar-refractivity contribution in [3.8, 4) is 0 Å². The number of hydrogen-bond donors (Lipinski definition) is 1. The van der Waals surface area contributed by atoms with Gasteiger partial charge in [0, 0.05) is 18.7 Å².